The van der Waals surface area contributed by atoms with Crippen molar-refractivity contribution in [3.63, 3.8) is 0 Å². The molecule has 0 saturated carbocycles. The highest BCUT2D eigenvalue weighted by molar-refractivity contribution is 7.99. The molecule has 0 aliphatic carbocycles. The summed E-state index contributed by atoms with van der Waals surface area (Å²) in [7, 11) is 0. The van der Waals surface area contributed by atoms with Gasteiger partial charge < -0.3 is 10.0 Å². The molecule has 1 aliphatic heterocycles. The number of carboxylic acids is 1. The quantitative estimate of drug-likeness (QED) is 0.911. The van der Waals surface area contributed by atoms with E-state index in [1.165, 1.54) is 23.9 Å². The molecule has 0 bridgehead atoms. The first kappa shape index (κ1) is 14.7. The zero-order valence-corrected chi connectivity index (χ0v) is 10.9. The summed E-state index contributed by atoms with van der Waals surface area (Å²) in [5.41, 5.74) is -1.57. The minimum absolute atomic E-state index is 0.0714. The Morgan fingerprint density at radius 1 is 1.30 bits per heavy atom. The molecule has 8 heteroatoms. The van der Waals surface area contributed by atoms with E-state index in [2.05, 4.69) is 0 Å². The standard InChI is InChI=1S/C12H10F3NO3S/c13-12(14,15)8-4-2-1-3-7(8)10(17)16-6-20-5-9(16)11(18)19/h1-4,9H,5-6H2,(H,18,19)/t9-/m0/s1. The minimum Gasteiger partial charge on any atom is -0.480 e. The molecule has 1 fully saturated rings. The van der Waals surface area contributed by atoms with Crippen molar-refractivity contribution in [2.75, 3.05) is 11.6 Å². The molecule has 1 aromatic rings. The largest absolute Gasteiger partial charge is 0.480 e. The normalized spacial score (nSPS) is 19.1. The van der Waals surface area contributed by atoms with Gasteiger partial charge in [0.2, 0.25) is 0 Å². The van der Waals surface area contributed by atoms with E-state index in [-0.39, 0.29) is 11.6 Å². The monoisotopic (exact) mass is 305 g/mol. The number of amides is 1. The van der Waals surface area contributed by atoms with Gasteiger partial charge in [-0.05, 0) is 12.1 Å². The molecule has 20 heavy (non-hydrogen) atoms. The van der Waals surface area contributed by atoms with E-state index in [4.69, 9.17) is 5.11 Å². The summed E-state index contributed by atoms with van der Waals surface area (Å²) < 4.78 is 38.6. The van der Waals surface area contributed by atoms with E-state index < -0.39 is 35.2 Å². The molecular formula is C12H10F3NO3S. The molecule has 1 aromatic carbocycles. The number of carbonyl (C=O) groups excluding carboxylic acids is 1. The molecule has 1 saturated heterocycles. The Bertz CT molecular complexity index is 547. The zero-order valence-electron chi connectivity index (χ0n) is 10.1. The third kappa shape index (κ3) is 2.74. The Morgan fingerprint density at radius 2 is 1.95 bits per heavy atom. The number of hydrogen-bond acceptors (Lipinski definition) is 3. The number of thioether (sulfide) groups is 1. The Labute approximate surface area is 116 Å². The summed E-state index contributed by atoms with van der Waals surface area (Å²) in [5, 5.41) is 8.98. The van der Waals surface area contributed by atoms with Crippen LogP contribution in [0.4, 0.5) is 13.2 Å². The van der Waals surface area contributed by atoms with Gasteiger partial charge in [0.15, 0.2) is 0 Å². The van der Waals surface area contributed by atoms with Gasteiger partial charge in [-0.2, -0.15) is 13.2 Å². The lowest BCUT2D eigenvalue weighted by Crippen LogP contribution is -2.42. The number of aliphatic carboxylic acids is 1. The molecule has 1 heterocycles. The Hall–Kier alpha value is -1.70. The SMILES string of the molecule is O=C(O)[C@@H]1CSCN1C(=O)c1ccccc1C(F)(F)F. The van der Waals surface area contributed by atoms with Crippen LogP contribution in [0.2, 0.25) is 0 Å². The summed E-state index contributed by atoms with van der Waals surface area (Å²) in [5.74, 6) is -1.87. The molecule has 1 N–H and O–H groups in total. The van der Waals surface area contributed by atoms with Crippen LogP contribution in [0.5, 0.6) is 0 Å². The topological polar surface area (TPSA) is 57.6 Å². The average Bonchev–Trinajstić information content (AvgIpc) is 2.86. The van der Waals surface area contributed by atoms with Gasteiger partial charge in [-0.15, -0.1) is 11.8 Å². The predicted molar refractivity (Wildman–Crippen MR) is 66.4 cm³/mol. The predicted octanol–water partition coefficient (Wildman–Crippen LogP) is 2.31. The van der Waals surface area contributed by atoms with Crippen LogP contribution in [-0.2, 0) is 11.0 Å². The van der Waals surface area contributed by atoms with Crippen molar-refractivity contribution in [1.29, 1.82) is 0 Å². The molecule has 108 valence electrons. The molecule has 1 aliphatic rings. The summed E-state index contributed by atoms with van der Waals surface area (Å²) in [6.45, 7) is 0. The molecule has 0 spiro atoms. The van der Waals surface area contributed by atoms with Crippen LogP contribution in [0.3, 0.4) is 0 Å². The lowest BCUT2D eigenvalue weighted by Gasteiger charge is -2.22. The third-order valence-corrected chi connectivity index (χ3v) is 3.90. The van der Waals surface area contributed by atoms with E-state index in [9.17, 15) is 22.8 Å². The van der Waals surface area contributed by atoms with Gasteiger partial charge in [0.25, 0.3) is 5.91 Å². The van der Waals surface area contributed by atoms with E-state index in [1.54, 1.807) is 0 Å². The Morgan fingerprint density at radius 3 is 2.55 bits per heavy atom. The average molecular weight is 305 g/mol. The van der Waals surface area contributed by atoms with Crippen molar-refractivity contribution in [2.24, 2.45) is 0 Å². The van der Waals surface area contributed by atoms with Crippen LogP contribution in [0.25, 0.3) is 0 Å². The second kappa shape index (κ2) is 5.35. The van der Waals surface area contributed by atoms with Gasteiger partial charge >= 0.3 is 12.1 Å². The van der Waals surface area contributed by atoms with Gasteiger partial charge in [-0.25, -0.2) is 4.79 Å². The fraction of sp³-hybridized carbons (Fsp3) is 0.333. The maximum absolute atomic E-state index is 12.9. The van der Waals surface area contributed by atoms with E-state index in [0.29, 0.717) is 0 Å². The number of hydrogen-bond donors (Lipinski definition) is 1. The van der Waals surface area contributed by atoms with Gasteiger partial charge in [0.05, 0.1) is 17.0 Å². The summed E-state index contributed by atoms with van der Waals surface area (Å²) in [4.78, 5) is 24.1. The number of halogens is 3. The van der Waals surface area contributed by atoms with Crippen molar-refractivity contribution >= 4 is 23.6 Å². The maximum atomic E-state index is 12.9. The number of benzene rings is 1. The molecular weight excluding hydrogens is 295 g/mol. The van der Waals surface area contributed by atoms with Crippen LogP contribution < -0.4 is 0 Å². The van der Waals surface area contributed by atoms with E-state index in [0.717, 1.165) is 17.0 Å². The molecule has 4 nitrogen and oxygen atoms in total. The van der Waals surface area contributed by atoms with Crippen LogP contribution in [0, 0.1) is 0 Å². The fourth-order valence-corrected chi connectivity index (χ4v) is 3.06. The third-order valence-electron chi connectivity index (χ3n) is 2.89. The van der Waals surface area contributed by atoms with Gasteiger partial charge in [-0.3, -0.25) is 4.79 Å². The number of carboxylic acid groups (broad SMARTS) is 1. The smallest absolute Gasteiger partial charge is 0.417 e. The number of alkyl halides is 3. The van der Waals surface area contributed by atoms with Gasteiger partial charge in [-0.1, -0.05) is 12.1 Å². The van der Waals surface area contributed by atoms with Gasteiger partial charge in [0, 0.05) is 5.75 Å². The zero-order chi connectivity index (χ0) is 14.9. The Balaban J connectivity index is 2.37. The highest BCUT2D eigenvalue weighted by Crippen LogP contribution is 2.33. The fourth-order valence-electron chi connectivity index (χ4n) is 1.92. The summed E-state index contributed by atoms with van der Waals surface area (Å²) in [6, 6.07) is 3.29. The molecule has 1 atom stereocenters. The second-order valence-electron chi connectivity index (χ2n) is 4.17. The van der Waals surface area contributed by atoms with Crippen molar-refractivity contribution in [3.8, 4) is 0 Å². The molecule has 1 amide bonds. The van der Waals surface area contributed by atoms with Crippen LogP contribution >= 0.6 is 11.8 Å². The van der Waals surface area contributed by atoms with Crippen molar-refractivity contribution in [2.45, 2.75) is 12.2 Å². The summed E-state index contributed by atoms with van der Waals surface area (Å²) >= 11 is 1.20. The number of rotatable bonds is 2. The second-order valence-corrected chi connectivity index (χ2v) is 5.17. The first-order chi connectivity index (χ1) is 9.32. The first-order valence-electron chi connectivity index (χ1n) is 5.60. The molecule has 0 aromatic heterocycles. The van der Waals surface area contributed by atoms with E-state index >= 15 is 0 Å². The van der Waals surface area contributed by atoms with Crippen LogP contribution in [-0.4, -0.2) is 39.6 Å². The van der Waals surface area contributed by atoms with E-state index in [1.807, 2.05) is 0 Å². The number of nitrogens with zero attached hydrogens (tertiary/aromatic N) is 1. The molecule has 0 radical (unpaired) electrons. The maximum Gasteiger partial charge on any atom is 0.417 e. The minimum atomic E-state index is -4.65. The highest BCUT2D eigenvalue weighted by atomic mass is 32.2. The lowest BCUT2D eigenvalue weighted by molar-refractivity contribution is -0.140. The van der Waals surface area contributed by atoms with Crippen molar-refractivity contribution in [3.05, 3.63) is 35.4 Å². The van der Waals surface area contributed by atoms with Crippen LogP contribution in [0.15, 0.2) is 24.3 Å². The Kier molecular flexibility index (Phi) is 3.94. The highest BCUT2D eigenvalue weighted by Gasteiger charge is 2.40. The van der Waals surface area contributed by atoms with Crippen LogP contribution in [0.1, 0.15) is 15.9 Å². The van der Waals surface area contributed by atoms with Gasteiger partial charge in [0.1, 0.15) is 6.04 Å². The lowest BCUT2D eigenvalue weighted by atomic mass is 10.1. The first-order valence-corrected chi connectivity index (χ1v) is 6.75. The molecule has 0 unspecified atom stereocenters. The molecule has 2 rings (SSSR count). The summed E-state index contributed by atoms with van der Waals surface area (Å²) in [6.07, 6.45) is -4.65. The number of carbonyl (C=O) groups is 2. The van der Waals surface area contributed by atoms with Crippen molar-refractivity contribution in [1.82, 2.24) is 4.90 Å². The van der Waals surface area contributed by atoms with Crippen molar-refractivity contribution < 1.29 is 27.9 Å².